The van der Waals surface area contributed by atoms with Crippen LogP contribution in [-0.4, -0.2) is 50.1 Å². The van der Waals surface area contributed by atoms with Crippen molar-refractivity contribution < 1.29 is 9.18 Å². The first-order valence-electron chi connectivity index (χ1n) is 8.33. The standard InChI is InChI=1S/C17H23FN6O.ClH/c1-17(2,3)24-21-15(20-22-24)8-16(25)23-9-12(14(19)10-23)11-6-4-5-7-13(11)18;/h4-7,12,14H,8-10,19H2,1-3H3;1H/t12-,14+;/m0./s1. The van der Waals surface area contributed by atoms with Crippen molar-refractivity contribution in [2.45, 2.75) is 44.7 Å². The van der Waals surface area contributed by atoms with Gasteiger partial charge in [-0.05, 0) is 37.6 Å². The van der Waals surface area contributed by atoms with Crippen LogP contribution in [0.25, 0.3) is 0 Å². The number of benzene rings is 1. The summed E-state index contributed by atoms with van der Waals surface area (Å²) >= 11 is 0. The van der Waals surface area contributed by atoms with E-state index in [-0.39, 0.29) is 48.1 Å². The van der Waals surface area contributed by atoms with Crippen LogP contribution in [0.4, 0.5) is 4.39 Å². The molecule has 1 aliphatic rings. The number of hydrogen-bond donors (Lipinski definition) is 1. The van der Waals surface area contributed by atoms with Crippen molar-refractivity contribution in [3.63, 3.8) is 0 Å². The van der Waals surface area contributed by atoms with Gasteiger partial charge in [0.25, 0.3) is 0 Å². The van der Waals surface area contributed by atoms with Crippen molar-refractivity contribution in [3.8, 4) is 0 Å². The van der Waals surface area contributed by atoms with E-state index in [1.807, 2.05) is 20.8 Å². The van der Waals surface area contributed by atoms with Gasteiger partial charge in [0, 0.05) is 25.0 Å². The molecule has 1 amide bonds. The van der Waals surface area contributed by atoms with E-state index in [0.717, 1.165) is 0 Å². The predicted molar refractivity (Wildman–Crippen MR) is 97.5 cm³/mol. The number of aromatic nitrogens is 4. The topological polar surface area (TPSA) is 89.9 Å². The van der Waals surface area contributed by atoms with Gasteiger partial charge in [0.15, 0.2) is 5.82 Å². The summed E-state index contributed by atoms with van der Waals surface area (Å²) in [5, 5.41) is 12.2. The van der Waals surface area contributed by atoms with Crippen LogP contribution >= 0.6 is 12.4 Å². The Morgan fingerprint density at radius 3 is 2.62 bits per heavy atom. The van der Waals surface area contributed by atoms with Gasteiger partial charge in [-0.15, -0.1) is 22.6 Å². The van der Waals surface area contributed by atoms with Crippen molar-refractivity contribution in [1.82, 2.24) is 25.1 Å². The molecule has 1 aliphatic heterocycles. The van der Waals surface area contributed by atoms with Crippen LogP contribution in [-0.2, 0) is 16.8 Å². The largest absolute Gasteiger partial charge is 0.340 e. The summed E-state index contributed by atoms with van der Waals surface area (Å²) in [4.78, 5) is 15.7. The van der Waals surface area contributed by atoms with Crippen LogP contribution in [0.3, 0.4) is 0 Å². The number of nitrogens with zero attached hydrogens (tertiary/aromatic N) is 5. The van der Waals surface area contributed by atoms with E-state index in [2.05, 4.69) is 15.4 Å². The lowest BCUT2D eigenvalue weighted by atomic mass is 9.94. The third-order valence-corrected chi connectivity index (χ3v) is 4.39. The molecule has 0 saturated carbocycles. The normalized spacial score (nSPS) is 20.1. The monoisotopic (exact) mass is 382 g/mol. The highest BCUT2D eigenvalue weighted by atomic mass is 35.5. The van der Waals surface area contributed by atoms with Gasteiger partial charge in [-0.3, -0.25) is 4.79 Å². The highest BCUT2D eigenvalue weighted by Crippen LogP contribution is 2.28. The van der Waals surface area contributed by atoms with Gasteiger partial charge in [0.05, 0.1) is 12.0 Å². The first-order chi connectivity index (χ1) is 11.8. The van der Waals surface area contributed by atoms with E-state index in [4.69, 9.17) is 5.73 Å². The molecule has 0 spiro atoms. The third-order valence-electron chi connectivity index (χ3n) is 4.39. The van der Waals surface area contributed by atoms with Crippen molar-refractivity contribution >= 4 is 18.3 Å². The fourth-order valence-electron chi connectivity index (χ4n) is 2.98. The number of halogens is 2. The summed E-state index contributed by atoms with van der Waals surface area (Å²) in [5.41, 5.74) is 6.42. The lowest BCUT2D eigenvalue weighted by Crippen LogP contribution is -2.33. The van der Waals surface area contributed by atoms with Gasteiger partial charge in [0.2, 0.25) is 5.91 Å². The van der Waals surface area contributed by atoms with E-state index in [0.29, 0.717) is 24.5 Å². The minimum Gasteiger partial charge on any atom is -0.340 e. The Labute approximate surface area is 158 Å². The van der Waals surface area contributed by atoms with Crippen LogP contribution in [0, 0.1) is 5.82 Å². The fraction of sp³-hybridized carbons (Fsp3) is 0.529. The number of carbonyl (C=O) groups excluding carboxylic acids is 1. The average Bonchev–Trinajstić information content (AvgIpc) is 3.14. The summed E-state index contributed by atoms with van der Waals surface area (Å²) in [6, 6.07) is 6.28. The minimum atomic E-state index is -0.293. The number of rotatable bonds is 3. The van der Waals surface area contributed by atoms with Gasteiger partial charge in [-0.2, -0.15) is 4.80 Å². The van der Waals surface area contributed by atoms with Crippen molar-refractivity contribution in [2.24, 2.45) is 5.73 Å². The quantitative estimate of drug-likeness (QED) is 0.868. The Balaban J connectivity index is 0.00000243. The smallest absolute Gasteiger partial charge is 0.230 e. The van der Waals surface area contributed by atoms with Gasteiger partial charge >= 0.3 is 0 Å². The Bertz CT molecular complexity index is 775. The molecule has 142 valence electrons. The molecule has 9 heteroatoms. The van der Waals surface area contributed by atoms with Crippen molar-refractivity contribution in [2.75, 3.05) is 13.1 Å². The molecule has 1 saturated heterocycles. The average molecular weight is 383 g/mol. The van der Waals surface area contributed by atoms with Gasteiger partial charge in [-0.25, -0.2) is 4.39 Å². The Morgan fingerprint density at radius 1 is 1.31 bits per heavy atom. The molecule has 1 aromatic heterocycles. The Kier molecular flexibility index (Phi) is 5.98. The molecule has 2 aromatic rings. The molecular weight excluding hydrogens is 359 g/mol. The van der Waals surface area contributed by atoms with E-state index in [1.54, 1.807) is 23.1 Å². The van der Waals surface area contributed by atoms with Crippen LogP contribution in [0.1, 0.15) is 38.1 Å². The lowest BCUT2D eigenvalue weighted by molar-refractivity contribution is -0.129. The second kappa shape index (κ2) is 7.67. The zero-order chi connectivity index (χ0) is 18.2. The molecule has 1 fully saturated rings. The third kappa shape index (κ3) is 4.19. The molecule has 7 nitrogen and oxygen atoms in total. The van der Waals surface area contributed by atoms with E-state index in [1.165, 1.54) is 10.9 Å². The SMILES string of the molecule is CC(C)(C)n1nnc(CC(=O)N2C[C@@H](N)[C@H](c3ccccc3F)C2)n1.Cl. The molecule has 0 unspecified atom stereocenters. The zero-order valence-electron chi connectivity index (χ0n) is 15.1. The van der Waals surface area contributed by atoms with Crippen LogP contribution in [0.15, 0.2) is 24.3 Å². The molecule has 0 bridgehead atoms. The summed E-state index contributed by atoms with van der Waals surface area (Å²) in [5.74, 6) is -0.235. The summed E-state index contributed by atoms with van der Waals surface area (Å²) < 4.78 is 14.0. The number of likely N-dealkylation sites (tertiary alicyclic amines) is 1. The highest BCUT2D eigenvalue weighted by Gasteiger charge is 2.35. The Hall–Kier alpha value is -2.06. The number of amides is 1. The maximum Gasteiger partial charge on any atom is 0.230 e. The molecular formula is C17H24ClFN6O. The molecule has 2 atom stereocenters. The van der Waals surface area contributed by atoms with Crippen LogP contribution in [0.5, 0.6) is 0 Å². The van der Waals surface area contributed by atoms with E-state index < -0.39 is 0 Å². The Morgan fingerprint density at radius 2 is 2.00 bits per heavy atom. The van der Waals surface area contributed by atoms with Crippen molar-refractivity contribution in [1.29, 1.82) is 0 Å². The number of carbonyl (C=O) groups is 1. The summed E-state index contributed by atoms with van der Waals surface area (Å²) in [7, 11) is 0. The second-order valence-corrected chi connectivity index (χ2v) is 7.43. The minimum absolute atomic E-state index is 0. The maximum absolute atomic E-state index is 14.0. The molecule has 1 aromatic carbocycles. The highest BCUT2D eigenvalue weighted by molar-refractivity contribution is 5.85. The maximum atomic E-state index is 14.0. The molecule has 26 heavy (non-hydrogen) atoms. The van der Waals surface area contributed by atoms with Crippen LogP contribution < -0.4 is 5.73 Å². The molecule has 0 radical (unpaired) electrons. The van der Waals surface area contributed by atoms with Gasteiger partial charge in [0.1, 0.15) is 5.82 Å². The molecule has 2 N–H and O–H groups in total. The van der Waals surface area contributed by atoms with Gasteiger partial charge in [-0.1, -0.05) is 18.2 Å². The van der Waals surface area contributed by atoms with E-state index >= 15 is 0 Å². The summed E-state index contributed by atoms with van der Waals surface area (Å²) in [6.07, 6.45) is 0.0623. The molecule has 0 aliphatic carbocycles. The number of hydrogen-bond acceptors (Lipinski definition) is 5. The predicted octanol–water partition coefficient (Wildman–Crippen LogP) is 1.48. The molecule has 3 rings (SSSR count). The second-order valence-electron chi connectivity index (χ2n) is 7.43. The fourth-order valence-corrected chi connectivity index (χ4v) is 2.98. The molecule has 2 heterocycles. The van der Waals surface area contributed by atoms with Crippen molar-refractivity contribution in [3.05, 3.63) is 41.5 Å². The number of nitrogens with two attached hydrogens (primary N) is 1. The van der Waals surface area contributed by atoms with E-state index in [9.17, 15) is 9.18 Å². The number of tetrazole rings is 1. The zero-order valence-corrected chi connectivity index (χ0v) is 15.9. The van der Waals surface area contributed by atoms with Crippen LogP contribution in [0.2, 0.25) is 0 Å². The van der Waals surface area contributed by atoms with Gasteiger partial charge < -0.3 is 10.6 Å². The lowest BCUT2D eigenvalue weighted by Gasteiger charge is -2.16. The summed E-state index contributed by atoms with van der Waals surface area (Å²) in [6.45, 7) is 6.66. The first kappa shape index (κ1) is 20.3. The first-order valence-corrected chi connectivity index (χ1v) is 8.33.